The van der Waals surface area contributed by atoms with Gasteiger partial charge in [-0.15, -0.1) is 11.3 Å². The van der Waals surface area contributed by atoms with E-state index >= 15 is 0 Å². The van der Waals surface area contributed by atoms with Crippen molar-refractivity contribution >= 4 is 11.3 Å². The molecular formula is C14H17FN2OS. The molecule has 0 unspecified atom stereocenters. The normalized spacial score (nSPS) is 10.7. The molecule has 0 atom stereocenters. The van der Waals surface area contributed by atoms with E-state index in [1.54, 1.807) is 17.4 Å². The third-order valence-corrected chi connectivity index (χ3v) is 3.86. The molecule has 0 aliphatic carbocycles. The number of nitrogens with two attached hydrogens (primary N) is 1. The van der Waals surface area contributed by atoms with E-state index in [-0.39, 0.29) is 5.82 Å². The molecule has 1 aromatic carbocycles. The van der Waals surface area contributed by atoms with E-state index in [4.69, 9.17) is 10.5 Å². The fourth-order valence-electron chi connectivity index (χ4n) is 1.86. The number of ether oxygens (including phenoxy) is 1. The van der Waals surface area contributed by atoms with Gasteiger partial charge in [-0.2, -0.15) is 0 Å². The maximum Gasteiger partial charge on any atom is 0.123 e. The summed E-state index contributed by atoms with van der Waals surface area (Å²) in [6.07, 6.45) is 1.43. The highest BCUT2D eigenvalue weighted by Crippen LogP contribution is 2.21. The number of benzene rings is 1. The van der Waals surface area contributed by atoms with Crippen LogP contribution in [0.5, 0.6) is 5.75 Å². The number of hydrogen-bond donors (Lipinski definition) is 1. The third-order valence-electron chi connectivity index (χ3n) is 2.87. The Morgan fingerprint density at radius 2 is 2.21 bits per heavy atom. The lowest BCUT2D eigenvalue weighted by molar-refractivity contribution is 0.318. The van der Waals surface area contributed by atoms with E-state index < -0.39 is 0 Å². The second-order valence-electron chi connectivity index (χ2n) is 4.25. The second-order valence-corrected chi connectivity index (χ2v) is 5.19. The van der Waals surface area contributed by atoms with Crippen molar-refractivity contribution in [2.24, 2.45) is 5.73 Å². The van der Waals surface area contributed by atoms with E-state index in [2.05, 4.69) is 4.98 Å². The highest BCUT2D eigenvalue weighted by molar-refractivity contribution is 7.09. The first-order chi connectivity index (χ1) is 9.20. The van der Waals surface area contributed by atoms with Crippen molar-refractivity contribution < 1.29 is 9.13 Å². The van der Waals surface area contributed by atoms with Crippen molar-refractivity contribution in [2.75, 3.05) is 13.2 Å². The third kappa shape index (κ3) is 3.75. The lowest BCUT2D eigenvalue weighted by Crippen LogP contribution is -2.07. The maximum atomic E-state index is 13.2. The zero-order chi connectivity index (χ0) is 13.7. The van der Waals surface area contributed by atoms with Gasteiger partial charge in [-0.1, -0.05) is 0 Å². The average molecular weight is 280 g/mol. The molecular weight excluding hydrogens is 263 g/mol. The van der Waals surface area contributed by atoms with Gasteiger partial charge in [0.25, 0.3) is 0 Å². The number of nitrogens with zero attached hydrogens (tertiary/aromatic N) is 1. The monoisotopic (exact) mass is 280 g/mol. The zero-order valence-corrected chi connectivity index (χ0v) is 11.7. The first-order valence-corrected chi connectivity index (χ1v) is 7.09. The van der Waals surface area contributed by atoms with Crippen LogP contribution in [-0.4, -0.2) is 18.1 Å². The fourth-order valence-corrected chi connectivity index (χ4v) is 2.62. The molecule has 102 valence electrons. The number of hydrogen-bond acceptors (Lipinski definition) is 4. The summed E-state index contributed by atoms with van der Waals surface area (Å²) in [6, 6.07) is 4.56. The van der Waals surface area contributed by atoms with Crippen LogP contribution in [0.25, 0.3) is 0 Å². The molecule has 2 N–H and O–H groups in total. The van der Waals surface area contributed by atoms with E-state index in [0.717, 1.165) is 17.7 Å². The van der Waals surface area contributed by atoms with Crippen molar-refractivity contribution in [1.82, 2.24) is 4.98 Å². The van der Waals surface area contributed by atoms with Crippen molar-refractivity contribution in [3.8, 4) is 5.75 Å². The van der Waals surface area contributed by atoms with Gasteiger partial charge in [-0.3, -0.25) is 0 Å². The van der Waals surface area contributed by atoms with E-state index in [9.17, 15) is 4.39 Å². The number of aromatic nitrogens is 1. The Morgan fingerprint density at radius 1 is 1.37 bits per heavy atom. The Morgan fingerprint density at radius 3 is 2.89 bits per heavy atom. The number of rotatable bonds is 6. The SMILES string of the molecule is Cc1ncsc1CCOc1ccc(F)cc1CCN. The minimum absolute atomic E-state index is 0.255. The van der Waals surface area contributed by atoms with Gasteiger partial charge >= 0.3 is 0 Å². The van der Waals surface area contributed by atoms with Crippen LogP contribution in [0.15, 0.2) is 23.7 Å². The van der Waals surface area contributed by atoms with Gasteiger partial charge in [0, 0.05) is 11.3 Å². The maximum absolute atomic E-state index is 13.2. The minimum atomic E-state index is -0.255. The Hall–Kier alpha value is -1.46. The predicted octanol–water partition coefficient (Wildman–Crippen LogP) is 2.71. The number of thiazole rings is 1. The van der Waals surface area contributed by atoms with Gasteiger partial charge in [-0.25, -0.2) is 9.37 Å². The Balaban J connectivity index is 1.97. The summed E-state index contributed by atoms with van der Waals surface area (Å²) in [6.45, 7) is 3.03. The highest BCUT2D eigenvalue weighted by atomic mass is 32.1. The van der Waals surface area contributed by atoms with Crippen molar-refractivity contribution in [1.29, 1.82) is 0 Å². The molecule has 0 spiro atoms. The van der Waals surface area contributed by atoms with Crippen LogP contribution in [0.1, 0.15) is 16.1 Å². The van der Waals surface area contributed by atoms with Gasteiger partial charge in [0.1, 0.15) is 11.6 Å². The molecule has 0 saturated carbocycles. The van der Waals surface area contributed by atoms with Crippen LogP contribution < -0.4 is 10.5 Å². The van der Waals surface area contributed by atoms with Gasteiger partial charge in [0.05, 0.1) is 17.8 Å². The molecule has 2 aromatic rings. The topological polar surface area (TPSA) is 48.1 Å². The summed E-state index contributed by atoms with van der Waals surface area (Å²) in [5.74, 6) is 0.461. The van der Waals surface area contributed by atoms with Gasteiger partial charge in [-0.05, 0) is 43.7 Å². The minimum Gasteiger partial charge on any atom is -0.493 e. The molecule has 1 heterocycles. The molecule has 0 radical (unpaired) electrons. The fraction of sp³-hybridized carbons (Fsp3) is 0.357. The molecule has 19 heavy (non-hydrogen) atoms. The Kier molecular flexibility index (Phi) is 4.87. The van der Waals surface area contributed by atoms with Gasteiger partial charge in [0.2, 0.25) is 0 Å². The molecule has 0 fully saturated rings. The average Bonchev–Trinajstić information content (AvgIpc) is 2.78. The van der Waals surface area contributed by atoms with Crippen LogP contribution in [0.2, 0.25) is 0 Å². The summed E-state index contributed by atoms with van der Waals surface area (Å²) >= 11 is 1.63. The Labute approximate surface area is 116 Å². The molecule has 5 heteroatoms. The van der Waals surface area contributed by atoms with Crippen LogP contribution >= 0.6 is 11.3 Å². The lowest BCUT2D eigenvalue weighted by Gasteiger charge is -2.11. The van der Waals surface area contributed by atoms with Crippen LogP contribution in [0, 0.1) is 12.7 Å². The van der Waals surface area contributed by atoms with Crippen molar-refractivity contribution in [3.63, 3.8) is 0 Å². The molecule has 0 saturated heterocycles. The van der Waals surface area contributed by atoms with Crippen LogP contribution in [0.4, 0.5) is 4.39 Å². The molecule has 0 amide bonds. The lowest BCUT2D eigenvalue weighted by atomic mass is 10.1. The Bertz CT molecular complexity index is 542. The van der Waals surface area contributed by atoms with Crippen molar-refractivity contribution in [2.45, 2.75) is 19.8 Å². The standard InChI is InChI=1S/C14H17FN2OS/c1-10-14(19-9-17-10)5-7-18-13-3-2-12(15)8-11(13)4-6-16/h2-3,8-9H,4-7,16H2,1H3. The predicted molar refractivity (Wildman–Crippen MR) is 75.2 cm³/mol. The van der Waals surface area contributed by atoms with Gasteiger partial charge < -0.3 is 10.5 Å². The van der Waals surface area contributed by atoms with E-state index in [0.29, 0.717) is 25.3 Å². The van der Waals surface area contributed by atoms with Crippen LogP contribution in [-0.2, 0) is 12.8 Å². The largest absolute Gasteiger partial charge is 0.493 e. The molecule has 1 aromatic heterocycles. The van der Waals surface area contributed by atoms with E-state index in [1.165, 1.54) is 17.0 Å². The highest BCUT2D eigenvalue weighted by Gasteiger charge is 2.06. The number of halogens is 1. The number of aryl methyl sites for hydroxylation is 1. The summed E-state index contributed by atoms with van der Waals surface area (Å²) in [5.41, 5.74) is 9.23. The summed E-state index contributed by atoms with van der Waals surface area (Å²) in [5, 5.41) is 0. The quantitative estimate of drug-likeness (QED) is 0.885. The summed E-state index contributed by atoms with van der Waals surface area (Å²) in [7, 11) is 0. The molecule has 0 aliphatic heterocycles. The summed E-state index contributed by atoms with van der Waals surface area (Å²) < 4.78 is 18.9. The van der Waals surface area contributed by atoms with Gasteiger partial charge in [0.15, 0.2) is 0 Å². The summed E-state index contributed by atoms with van der Waals surface area (Å²) in [4.78, 5) is 5.42. The molecule has 3 nitrogen and oxygen atoms in total. The van der Waals surface area contributed by atoms with Crippen molar-refractivity contribution in [3.05, 3.63) is 45.7 Å². The van der Waals surface area contributed by atoms with Crippen LogP contribution in [0.3, 0.4) is 0 Å². The zero-order valence-electron chi connectivity index (χ0n) is 10.9. The first-order valence-electron chi connectivity index (χ1n) is 6.21. The molecule has 2 rings (SSSR count). The molecule has 0 bridgehead atoms. The van der Waals surface area contributed by atoms with E-state index in [1.807, 2.05) is 12.4 Å². The molecule has 0 aliphatic rings. The first kappa shape index (κ1) is 14.0. The smallest absolute Gasteiger partial charge is 0.123 e. The second kappa shape index (κ2) is 6.63.